The zero-order valence-electron chi connectivity index (χ0n) is 18.6. The van der Waals surface area contributed by atoms with Crippen molar-refractivity contribution in [1.29, 1.82) is 0 Å². The Morgan fingerprint density at radius 2 is 1.78 bits per heavy atom. The molecule has 7 heteroatoms. The summed E-state index contributed by atoms with van der Waals surface area (Å²) in [5.74, 6) is 2.27. The number of nitrogens with one attached hydrogen (secondary N) is 2. The zero-order chi connectivity index (χ0) is 22.4. The Bertz CT molecular complexity index is 980. The molecule has 32 heavy (non-hydrogen) atoms. The molecule has 0 aliphatic rings. The molecule has 0 spiro atoms. The van der Waals surface area contributed by atoms with Crippen LogP contribution in [0.3, 0.4) is 0 Å². The van der Waals surface area contributed by atoms with Crippen molar-refractivity contribution in [3.8, 4) is 11.5 Å². The summed E-state index contributed by atoms with van der Waals surface area (Å²) in [5, 5.41) is 6.63. The van der Waals surface area contributed by atoms with E-state index in [1.54, 1.807) is 20.4 Å². The first kappa shape index (κ1) is 23.1. The van der Waals surface area contributed by atoms with Gasteiger partial charge in [-0.05, 0) is 42.0 Å². The Hall–Kier alpha value is -3.58. The van der Waals surface area contributed by atoms with E-state index in [1.165, 1.54) is 0 Å². The molecule has 3 rings (SSSR count). The number of rotatable bonds is 11. The number of hydrogen-bond acceptors (Lipinski definition) is 5. The lowest BCUT2D eigenvalue weighted by atomic mass is 10.2. The highest BCUT2D eigenvalue weighted by atomic mass is 16.5. The molecule has 0 saturated carbocycles. The van der Waals surface area contributed by atoms with Crippen molar-refractivity contribution in [2.75, 3.05) is 32.7 Å². The molecule has 0 radical (unpaired) electrons. The summed E-state index contributed by atoms with van der Waals surface area (Å²) >= 11 is 0. The van der Waals surface area contributed by atoms with Gasteiger partial charge in [0.05, 0.1) is 12.3 Å². The number of hydrogen-bond donors (Lipinski definition) is 2. The average molecular weight is 435 g/mol. The Kier molecular flexibility index (Phi) is 9.36. The highest BCUT2D eigenvalue weighted by molar-refractivity contribution is 5.93. The van der Waals surface area contributed by atoms with E-state index in [1.807, 2.05) is 66.7 Å². The van der Waals surface area contributed by atoms with Crippen LogP contribution in [0.2, 0.25) is 0 Å². The Balaban J connectivity index is 1.50. The van der Waals surface area contributed by atoms with Gasteiger partial charge in [-0.1, -0.05) is 24.3 Å². The average Bonchev–Trinajstić information content (AvgIpc) is 2.84. The zero-order valence-corrected chi connectivity index (χ0v) is 18.6. The topological polar surface area (TPSA) is 77.0 Å². The second kappa shape index (κ2) is 13.0. The summed E-state index contributed by atoms with van der Waals surface area (Å²) in [6.07, 6.45) is 2.61. The van der Waals surface area contributed by atoms with Crippen molar-refractivity contribution in [3.63, 3.8) is 0 Å². The number of aromatic nitrogens is 1. The Morgan fingerprint density at radius 1 is 0.938 bits per heavy atom. The van der Waals surface area contributed by atoms with Crippen molar-refractivity contribution < 1.29 is 14.2 Å². The molecule has 0 saturated heterocycles. The van der Waals surface area contributed by atoms with Gasteiger partial charge in [0, 0.05) is 51.7 Å². The third kappa shape index (κ3) is 7.92. The number of benzene rings is 2. The number of ether oxygens (including phenoxy) is 3. The number of nitrogens with zero attached hydrogens (tertiary/aromatic N) is 2. The smallest absolute Gasteiger partial charge is 0.195 e. The van der Waals surface area contributed by atoms with E-state index < -0.39 is 0 Å². The number of guanidine groups is 1. The first-order valence-corrected chi connectivity index (χ1v) is 10.6. The fourth-order valence-electron chi connectivity index (χ4n) is 2.94. The van der Waals surface area contributed by atoms with Crippen molar-refractivity contribution >= 4 is 11.6 Å². The lowest BCUT2D eigenvalue weighted by molar-refractivity contribution is 0.172. The lowest BCUT2D eigenvalue weighted by Gasteiger charge is -2.14. The molecule has 0 fully saturated rings. The minimum Gasteiger partial charge on any atom is -0.493 e. The monoisotopic (exact) mass is 434 g/mol. The molecule has 0 atom stereocenters. The maximum absolute atomic E-state index is 5.86. The normalized spacial score (nSPS) is 11.1. The first-order valence-electron chi connectivity index (χ1n) is 10.6. The van der Waals surface area contributed by atoms with Crippen LogP contribution in [0.15, 0.2) is 77.9 Å². The van der Waals surface area contributed by atoms with Crippen molar-refractivity contribution in [3.05, 3.63) is 84.2 Å². The van der Waals surface area contributed by atoms with Crippen LogP contribution in [-0.2, 0) is 17.9 Å². The highest BCUT2D eigenvalue weighted by Crippen LogP contribution is 2.18. The minimum absolute atomic E-state index is 0.435. The molecule has 0 unspecified atom stereocenters. The molecule has 7 nitrogen and oxygen atoms in total. The van der Waals surface area contributed by atoms with Gasteiger partial charge < -0.3 is 24.8 Å². The van der Waals surface area contributed by atoms with Gasteiger partial charge in [-0.2, -0.15) is 0 Å². The molecule has 0 amide bonds. The van der Waals surface area contributed by atoms with Gasteiger partial charge in [0.15, 0.2) is 5.96 Å². The maximum atomic E-state index is 5.86. The van der Waals surface area contributed by atoms with Crippen LogP contribution in [0.25, 0.3) is 0 Å². The summed E-state index contributed by atoms with van der Waals surface area (Å²) in [4.78, 5) is 8.59. The Labute approximate surface area is 189 Å². The van der Waals surface area contributed by atoms with E-state index in [2.05, 4.69) is 20.6 Å². The predicted molar refractivity (Wildman–Crippen MR) is 127 cm³/mol. The molecule has 0 aliphatic heterocycles. The van der Waals surface area contributed by atoms with Crippen LogP contribution in [-0.4, -0.2) is 38.3 Å². The molecule has 3 aromatic rings. The van der Waals surface area contributed by atoms with Gasteiger partial charge in [-0.25, -0.2) is 0 Å². The predicted octanol–water partition coefficient (Wildman–Crippen LogP) is 4.26. The molecule has 0 aliphatic carbocycles. The Morgan fingerprint density at radius 3 is 2.56 bits per heavy atom. The van der Waals surface area contributed by atoms with Gasteiger partial charge >= 0.3 is 0 Å². The fourth-order valence-corrected chi connectivity index (χ4v) is 2.94. The molecule has 0 bridgehead atoms. The van der Waals surface area contributed by atoms with Gasteiger partial charge in [-0.3, -0.25) is 9.98 Å². The van der Waals surface area contributed by atoms with Crippen molar-refractivity contribution in [2.45, 2.75) is 19.6 Å². The van der Waals surface area contributed by atoms with E-state index in [0.29, 0.717) is 32.3 Å². The van der Waals surface area contributed by atoms with E-state index in [0.717, 1.165) is 34.9 Å². The third-order valence-electron chi connectivity index (χ3n) is 4.55. The van der Waals surface area contributed by atoms with Gasteiger partial charge in [0.1, 0.15) is 18.1 Å². The van der Waals surface area contributed by atoms with Crippen LogP contribution in [0.5, 0.6) is 11.5 Å². The third-order valence-corrected chi connectivity index (χ3v) is 4.55. The van der Waals surface area contributed by atoms with Crippen LogP contribution in [0.4, 0.5) is 5.69 Å². The van der Waals surface area contributed by atoms with Crippen molar-refractivity contribution in [2.24, 2.45) is 4.99 Å². The van der Waals surface area contributed by atoms with E-state index in [9.17, 15) is 0 Å². The summed E-state index contributed by atoms with van der Waals surface area (Å²) in [5.41, 5.74) is 2.88. The molecular formula is C25H30N4O3. The number of anilines is 1. The second-order valence-corrected chi connectivity index (χ2v) is 7.03. The van der Waals surface area contributed by atoms with E-state index >= 15 is 0 Å². The summed E-state index contributed by atoms with van der Waals surface area (Å²) in [7, 11) is 3.43. The standard InChI is InChI=1S/C25H30N4O3/c1-26-25(29-21-10-6-12-24(17-21)31-15-7-14-30-2)28-18-20-8-5-11-23(16-20)32-19-22-9-3-4-13-27-22/h3-6,8-13,16-17H,7,14-15,18-19H2,1-2H3,(H2,26,28,29). The summed E-state index contributed by atoms with van der Waals surface area (Å²) in [6, 6.07) is 21.6. The SMILES string of the molecule is CN=C(NCc1cccc(OCc2ccccn2)c1)Nc1cccc(OCCCOC)c1. The fraction of sp³-hybridized carbons (Fsp3) is 0.280. The molecule has 2 aromatic carbocycles. The second-order valence-electron chi connectivity index (χ2n) is 7.03. The van der Waals surface area contributed by atoms with E-state index in [-0.39, 0.29) is 0 Å². The van der Waals surface area contributed by atoms with E-state index in [4.69, 9.17) is 14.2 Å². The lowest BCUT2D eigenvalue weighted by Crippen LogP contribution is -2.30. The van der Waals surface area contributed by atoms with Gasteiger partial charge in [-0.15, -0.1) is 0 Å². The quantitative estimate of drug-likeness (QED) is 0.267. The van der Waals surface area contributed by atoms with Crippen LogP contribution < -0.4 is 20.1 Å². The van der Waals surface area contributed by atoms with Crippen LogP contribution in [0, 0.1) is 0 Å². The molecule has 168 valence electrons. The summed E-state index contributed by atoms with van der Waals surface area (Å²) in [6.45, 7) is 2.34. The summed E-state index contributed by atoms with van der Waals surface area (Å²) < 4.78 is 16.7. The largest absolute Gasteiger partial charge is 0.493 e. The first-order chi connectivity index (χ1) is 15.8. The number of methoxy groups -OCH3 is 1. The number of pyridine rings is 1. The van der Waals surface area contributed by atoms with Crippen molar-refractivity contribution in [1.82, 2.24) is 10.3 Å². The molecular weight excluding hydrogens is 404 g/mol. The molecule has 2 N–H and O–H groups in total. The van der Waals surface area contributed by atoms with Crippen LogP contribution in [0.1, 0.15) is 17.7 Å². The number of aliphatic imine (C=N–C) groups is 1. The highest BCUT2D eigenvalue weighted by Gasteiger charge is 2.04. The molecule has 1 aromatic heterocycles. The minimum atomic E-state index is 0.435. The van der Waals surface area contributed by atoms with Gasteiger partial charge in [0.2, 0.25) is 0 Å². The molecule has 1 heterocycles. The van der Waals surface area contributed by atoms with Crippen LogP contribution >= 0.6 is 0 Å². The maximum Gasteiger partial charge on any atom is 0.195 e. The van der Waals surface area contributed by atoms with Gasteiger partial charge in [0.25, 0.3) is 0 Å².